The van der Waals surface area contributed by atoms with Crippen LogP contribution in [0.25, 0.3) is 67.1 Å². The lowest BCUT2D eigenvalue weighted by Crippen LogP contribution is -2.27. The third-order valence-electron chi connectivity index (χ3n) is 25.4. The molecule has 8 aromatic carbocycles. The van der Waals surface area contributed by atoms with Crippen molar-refractivity contribution in [3.05, 3.63) is 290 Å². The van der Waals surface area contributed by atoms with Gasteiger partial charge < -0.3 is 67.0 Å². The first-order valence-corrected chi connectivity index (χ1v) is 47.2. The van der Waals surface area contributed by atoms with E-state index in [0.29, 0.717) is 93.8 Å². The van der Waals surface area contributed by atoms with E-state index in [2.05, 4.69) is 59.0 Å². The van der Waals surface area contributed by atoms with Crippen molar-refractivity contribution in [2.75, 3.05) is 94.0 Å². The molecule has 0 spiro atoms. The summed E-state index contributed by atoms with van der Waals surface area (Å²) in [6, 6.07) is 48.3. The molecule has 20 rings (SSSR count). The van der Waals surface area contributed by atoms with Crippen LogP contribution in [0.15, 0.2) is 232 Å². The molecular weight excluding hydrogens is 1860 g/mol. The summed E-state index contributed by atoms with van der Waals surface area (Å²) in [7, 11) is 5.65. The zero-order valence-electron chi connectivity index (χ0n) is 81.7. The summed E-state index contributed by atoms with van der Waals surface area (Å²) in [5.74, 6) is 15.7. The summed E-state index contributed by atoms with van der Waals surface area (Å²) in [6.45, 7) is 22.2. The van der Waals surface area contributed by atoms with E-state index >= 15 is 0 Å². The molecule has 0 aliphatic carbocycles. The summed E-state index contributed by atoms with van der Waals surface area (Å²) >= 11 is 0. The topological polar surface area (TPSA) is 294 Å². The fourth-order valence-electron chi connectivity index (χ4n) is 18.3. The van der Waals surface area contributed by atoms with Gasteiger partial charge in [-0.15, -0.1) is 0 Å². The number of carbonyl (C=O) groups is 4. The molecule has 740 valence electrons. The van der Waals surface area contributed by atoms with Crippen LogP contribution in [0.5, 0.6) is 80.8 Å². The molecule has 8 aromatic heterocycles. The molecule has 145 heavy (non-hydrogen) atoms. The zero-order chi connectivity index (χ0) is 102. The van der Waals surface area contributed by atoms with E-state index in [1.807, 2.05) is 102 Å². The number of methoxy groups -OCH3 is 4. The molecule has 30 nitrogen and oxygen atoms in total. The van der Waals surface area contributed by atoms with Crippen molar-refractivity contribution in [1.29, 1.82) is 0 Å². The molecule has 0 radical (unpaired) electrons. The normalized spacial score (nSPS) is 15.1. The predicted molar refractivity (Wildman–Crippen MR) is 536 cm³/mol. The number of ether oxygens (including phenoxy) is 10. The minimum absolute atomic E-state index is 0.0131. The van der Waals surface area contributed by atoms with Gasteiger partial charge in [-0.25, -0.2) is 19.9 Å². The van der Waals surface area contributed by atoms with Gasteiger partial charge >= 0.3 is 0 Å². The van der Waals surface area contributed by atoms with Gasteiger partial charge in [0.25, 0.3) is 11.8 Å². The van der Waals surface area contributed by atoms with Gasteiger partial charge in [-0.3, -0.25) is 56.7 Å². The van der Waals surface area contributed by atoms with Crippen molar-refractivity contribution in [1.82, 2.24) is 77.1 Å². The van der Waals surface area contributed by atoms with Crippen LogP contribution in [-0.4, -0.2) is 195 Å². The fraction of sp³-hybridized carbons (Fsp3) is 0.261. The van der Waals surface area contributed by atoms with Crippen molar-refractivity contribution in [2.45, 2.75) is 97.8 Å². The van der Waals surface area contributed by atoms with Crippen LogP contribution < -0.4 is 47.4 Å². The average molecular weight is 1960 g/mol. The molecule has 4 atom stereocenters. The first-order chi connectivity index (χ1) is 70.5. The van der Waals surface area contributed by atoms with E-state index in [-0.39, 0.29) is 93.3 Å². The number of aromatic nitrogens is 12. The smallest absolute Gasteiger partial charge is 0.298 e. The summed E-state index contributed by atoms with van der Waals surface area (Å²) < 4.78 is 121. The van der Waals surface area contributed by atoms with Gasteiger partial charge in [0, 0.05) is 130 Å². The van der Waals surface area contributed by atoms with Gasteiger partial charge in [-0.1, -0.05) is 42.7 Å². The van der Waals surface area contributed by atoms with Crippen LogP contribution in [0.2, 0.25) is 0 Å². The largest absolute Gasteiger partial charge is 0.494 e. The van der Waals surface area contributed by atoms with Gasteiger partial charge in [-0.05, 0) is 231 Å². The maximum Gasteiger partial charge on any atom is 0.298 e. The van der Waals surface area contributed by atoms with Gasteiger partial charge in [0.05, 0.1) is 123 Å². The van der Waals surface area contributed by atoms with Crippen molar-refractivity contribution in [3.8, 4) is 149 Å². The molecular formula is C111H104F4N16O14. The lowest BCUT2D eigenvalue weighted by molar-refractivity contribution is -0.128. The number of aryl methyl sites for hydroxylation is 2. The Morgan fingerprint density at radius 3 is 1.01 bits per heavy atom. The number of nitrogens with zero attached hydrogens (tertiary/aromatic N) is 16. The molecule has 16 aromatic rings. The molecule has 0 saturated carbocycles. The minimum Gasteiger partial charge on any atom is -0.494 e. The van der Waals surface area contributed by atoms with E-state index in [1.54, 1.807) is 182 Å². The van der Waals surface area contributed by atoms with Gasteiger partial charge in [-0.2, -0.15) is 17.6 Å². The van der Waals surface area contributed by atoms with E-state index < -0.39 is 23.3 Å². The Labute approximate surface area is 833 Å². The molecule has 0 N–H and O–H groups in total. The Hall–Kier alpha value is -17.3. The Bertz CT molecular complexity index is 7640. The summed E-state index contributed by atoms with van der Waals surface area (Å²) in [5, 5.41) is 0. The monoisotopic (exact) mass is 1960 g/mol. The molecule has 4 saturated heterocycles. The Kier molecular flexibility index (Phi) is 30.6. The summed E-state index contributed by atoms with van der Waals surface area (Å²) in [6.07, 6.45) is 18.8. The number of likely N-dealkylation sites (tertiary alicyclic amines) is 4. The third kappa shape index (κ3) is 21.2. The summed E-state index contributed by atoms with van der Waals surface area (Å²) in [5.41, 5.74) is 11.7. The fourth-order valence-corrected chi connectivity index (χ4v) is 18.3. The molecule has 4 fully saturated rings. The van der Waals surface area contributed by atoms with Crippen molar-refractivity contribution in [3.63, 3.8) is 0 Å². The van der Waals surface area contributed by atoms with Crippen molar-refractivity contribution < 1.29 is 84.1 Å². The lowest BCUT2D eigenvalue weighted by Gasteiger charge is -2.14. The average Bonchev–Trinajstić information content (AvgIpc) is 1.59. The number of imidazole rings is 4. The highest BCUT2D eigenvalue weighted by Gasteiger charge is 2.37. The van der Waals surface area contributed by atoms with Crippen molar-refractivity contribution in [2.24, 2.45) is 0 Å². The molecule has 4 aliphatic heterocycles. The Balaban J connectivity index is 0.000000133. The highest BCUT2D eigenvalue weighted by atomic mass is 19.1. The second kappa shape index (κ2) is 44.7. The van der Waals surface area contributed by atoms with Crippen LogP contribution in [0.1, 0.15) is 119 Å². The van der Waals surface area contributed by atoms with Crippen molar-refractivity contribution >= 4 is 45.7 Å². The number of benzene rings is 8. The van der Waals surface area contributed by atoms with Crippen LogP contribution in [-0.2, 0) is 19.2 Å². The lowest BCUT2D eigenvalue weighted by atomic mass is 10.1. The number of halogens is 4. The second-order valence-electron chi connectivity index (χ2n) is 34.3. The highest BCUT2D eigenvalue weighted by Crippen LogP contribution is 2.44. The zero-order valence-corrected chi connectivity index (χ0v) is 81.7. The Morgan fingerprint density at radius 1 is 0.400 bits per heavy atom. The molecule has 34 heteroatoms. The quantitative estimate of drug-likeness (QED) is 0.0292. The molecule has 12 heterocycles. The van der Waals surface area contributed by atoms with Crippen LogP contribution in [0, 0.1) is 60.8 Å². The van der Waals surface area contributed by atoms with E-state index in [1.165, 1.54) is 46.6 Å². The maximum atomic E-state index is 14.5. The SMILES string of the molecule is C=CC(=O)N1CC[C@@H](c2nc(-c3ccc(Oc4cccc(OC)c4F)cc3)c3cncc(OCC)n23)C1.CC#CC(=O)N1CC[C@@H](c2nc(-c3ccc(Oc4cccc(OC)c4F)cc3)c3c(C)nccn23)C1.CC#CC(=O)N1CC[C@@H](c2nc(-c3ccc(Oc4cccc(OC)c4F)cc3)c3cncc(OCC)n23)C1.COc1cccc(Oc2ccc(-c3nc([C@@H]4CCN(C(C)=O)C4)n4ccnc(C)c34)cc2)c1F. The van der Waals surface area contributed by atoms with Crippen LogP contribution in [0.4, 0.5) is 17.6 Å². The van der Waals surface area contributed by atoms with E-state index in [9.17, 15) is 36.7 Å². The first kappa shape index (κ1) is 99.3. The number of fused-ring (bicyclic) bond motifs is 4. The first-order valence-electron chi connectivity index (χ1n) is 47.2. The van der Waals surface area contributed by atoms with Gasteiger partial charge in [0.2, 0.25) is 46.8 Å². The number of carbonyl (C=O) groups excluding carboxylic acids is 4. The van der Waals surface area contributed by atoms with E-state index in [0.717, 1.165) is 134 Å². The number of amides is 4. The molecule has 4 amide bonds. The summed E-state index contributed by atoms with van der Waals surface area (Å²) in [4.78, 5) is 93.6. The number of rotatable bonds is 25. The van der Waals surface area contributed by atoms with Gasteiger partial charge in [0.15, 0.2) is 46.0 Å². The third-order valence-corrected chi connectivity index (χ3v) is 25.4. The van der Waals surface area contributed by atoms with E-state index in [4.69, 9.17) is 67.3 Å². The molecule has 0 bridgehead atoms. The molecule has 4 aliphatic rings. The number of hydrogen-bond donors (Lipinski definition) is 0. The molecule has 0 unspecified atom stereocenters. The van der Waals surface area contributed by atoms with Crippen LogP contribution >= 0.6 is 0 Å². The van der Waals surface area contributed by atoms with Gasteiger partial charge in [0.1, 0.15) is 46.3 Å². The minimum atomic E-state index is -0.563. The standard InChI is InChI=1S/C29H27FN4O4.C28H27FN4O4.C28H25FN4O3.C26H25FN4O3/c1-4-7-25(35)33-15-14-20(18-33)29-32-28(22-16-31-17-26(34(22)29)37-5-2)19-10-12-21(13-11-19)38-24-9-6-8-23(36-3)27(24)30;1-4-24(34)32-14-13-19(17-32)28-31-27(21-15-30-16-25(33(21)28)36-5-2)18-9-11-20(12-10-18)37-23-8-6-7-22(35-3)26(23)29;1-4-6-24(34)32-15-13-20(17-32)28-31-26(27-18(2)30-14-16-33(27)28)19-9-11-21(12-10-19)36-23-8-5-7-22(35-3)25(23)29;1-16-25-24(29-26(31(25)14-12-28-16)19-11-13-30(15-19)17(2)32)18-7-9-20(10-8-18)34-22-6-4-5-21(33-3)23(22)27/h6,8-13,16-17,20H,5,14-15,18H2,1-3H3;4,6-12,15-16,19H,1,5,13-14,17H2,2-3H3;5,7-12,14,16,20H,13,15,17H2,1-3H3;4-10,12,14,19H,11,13,15H2,1-3H3/t20-;19-;20-;19-/m1111/s1. The van der Waals surface area contributed by atoms with Crippen LogP contribution in [0.3, 0.4) is 0 Å². The maximum absolute atomic E-state index is 14.5. The second-order valence-corrected chi connectivity index (χ2v) is 34.3. The highest BCUT2D eigenvalue weighted by molar-refractivity contribution is 5.94. The predicted octanol–water partition coefficient (Wildman–Crippen LogP) is 20.3. The Morgan fingerprint density at radius 2 is 0.697 bits per heavy atom. The number of hydrogen-bond acceptors (Lipinski definition) is 22.